The third-order valence-corrected chi connectivity index (χ3v) is 6.76. The van der Waals surface area contributed by atoms with E-state index in [1.54, 1.807) is 24.3 Å². The van der Waals surface area contributed by atoms with E-state index in [1.807, 2.05) is 0 Å². The van der Waals surface area contributed by atoms with Crippen LogP contribution in [0.5, 0.6) is 0 Å². The summed E-state index contributed by atoms with van der Waals surface area (Å²) in [6, 6.07) is 11.5. The van der Waals surface area contributed by atoms with Gasteiger partial charge in [0, 0.05) is 12.8 Å². The lowest BCUT2D eigenvalue weighted by atomic mass is 9.67. The van der Waals surface area contributed by atoms with Gasteiger partial charge in [-0.15, -0.1) is 0 Å². The lowest BCUT2D eigenvalue weighted by Gasteiger charge is -2.42. The Balaban J connectivity index is 1.40. The summed E-state index contributed by atoms with van der Waals surface area (Å²) in [7, 11) is 0. The Morgan fingerprint density at radius 2 is 1.33 bits per heavy atom. The molecule has 2 amide bonds. The number of likely N-dealkylation sites (tertiary alicyclic amines) is 1. The van der Waals surface area contributed by atoms with Gasteiger partial charge in [-0.1, -0.05) is 43.5 Å². The monoisotopic (exact) mass is 457 g/mol. The molecule has 2 fully saturated rings. The van der Waals surface area contributed by atoms with E-state index in [4.69, 9.17) is 4.74 Å². The number of benzene rings is 2. The van der Waals surface area contributed by atoms with E-state index in [1.165, 1.54) is 24.3 Å². The summed E-state index contributed by atoms with van der Waals surface area (Å²) in [5, 5.41) is 10.6. The SMILES string of the molecule is O=C1CC2(CCCCC2)CC(=O)N1CC(O)COC(c1ccc(F)cc1)c1ccc(F)cc1. The summed E-state index contributed by atoms with van der Waals surface area (Å²) in [5.74, 6) is -1.26. The topological polar surface area (TPSA) is 66.8 Å². The van der Waals surface area contributed by atoms with Crippen molar-refractivity contribution in [3.05, 3.63) is 71.3 Å². The minimum Gasteiger partial charge on any atom is -0.389 e. The van der Waals surface area contributed by atoms with Crippen LogP contribution < -0.4 is 0 Å². The van der Waals surface area contributed by atoms with Gasteiger partial charge < -0.3 is 9.84 Å². The maximum atomic E-state index is 13.4. The fourth-order valence-electron chi connectivity index (χ4n) is 5.02. The predicted molar refractivity (Wildman–Crippen MR) is 118 cm³/mol. The second kappa shape index (κ2) is 10.1. The maximum absolute atomic E-state index is 13.4. The number of imide groups is 1. The van der Waals surface area contributed by atoms with Crippen molar-refractivity contribution in [1.29, 1.82) is 0 Å². The van der Waals surface area contributed by atoms with Crippen LogP contribution in [0.1, 0.15) is 62.2 Å². The van der Waals surface area contributed by atoms with Crippen molar-refractivity contribution in [2.24, 2.45) is 5.41 Å². The molecule has 33 heavy (non-hydrogen) atoms. The molecule has 7 heteroatoms. The van der Waals surface area contributed by atoms with Gasteiger partial charge in [-0.05, 0) is 53.6 Å². The Labute approximate surface area is 192 Å². The van der Waals surface area contributed by atoms with Crippen LogP contribution >= 0.6 is 0 Å². The molecule has 176 valence electrons. The zero-order valence-electron chi connectivity index (χ0n) is 18.5. The number of amides is 2. The van der Waals surface area contributed by atoms with Crippen molar-refractivity contribution in [3.8, 4) is 0 Å². The van der Waals surface area contributed by atoms with E-state index in [0.29, 0.717) is 24.0 Å². The van der Waals surface area contributed by atoms with Gasteiger partial charge in [0.2, 0.25) is 11.8 Å². The van der Waals surface area contributed by atoms with Gasteiger partial charge in [-0.25, -0.2) is 8.78 Å². The number of hydrogen-bond acceptors (Lipinski definition) is 4. The minimum atomic E-state index is -1.08. The number of aliphatic hydroxyl groups is 1. The Hall–Kier alpha value is -2.64. The van der Waals surface area contributed by atoms with Gasteiger partial charge in [0.25, 0.3) is 0 Å². The van der Waals surface area contributed by atoms with Crippen molar-refractivity contribution < 1.29 is 28.2 Å². The molecule has 2 aliphatic rings. The number of nitrogens with zero attached hydrogens (tertiary/aromatic N) is 1. The molecule has 1 saturated carbocycles. The standard InChI is InChI=1S/C26H29F2NO4/c27-20-8-4-18(5-9-20)25(19-6-10-21(28)11-7-19)33-17-22(30)16-29-23(31)14-26(15-24(29)32)12-2-1-3-13-26/h4-11,22,25,30H,1-3,12-17H2. The summed E-state index contributed by atoms with van der Waals surface area (Å²) in [6.45, 7) is -0.283. The van der Waals surface area contributed by atoms with Crippen LogP contribution in [-0.2, 0) is 14.3 Å². The van der Waals surface area contributed by atoms with Crippen molar-refractivity contribution in [2.45, 2.75) is 57.2 Å². The molecule has 2 aromatic carbocycles. The van der Waals surface area contributed by atoms with Crippen molar-refractivity contribution in [2.75, 3.05) is 13.2 Å². The van der Waals surface area contributed by atoms with Crippen LogP contribution in [0.25, 0.3) is 0 Å². The molecule has 1 heterocycles. The predicted octanol–water partition coefficient (Wildman–Crippen LogP) is 4.53. The maximum Gasteiger partial charge on any atom is 0.229 e. The lowest BCUT2D eigenvalue weighted by Crippen LogP contribution is -2.51. The molecule has 5 nitrogen and oxygen atoms in total. The molecule has 1 spiro atoms. The number of halogens is 2. The van der Waals surface area contributed by atoms with Crippen molar-refractivity contribution in [3.63, 3.8) is 0 Å². The number of β-amino-alcohol motifs (C(OH)–C–C–N with tert-alkyl or cyclic N) is 1. The quantitative estimate of drug-likeness (QED) is 0.621. The summed E-state index contributed by atoms with van der Waals surface area (Å²) in [4.78, 5) is 26.6. The molecule has 1 atom stereocenters. The molecule has 4 rings (SSSR count). The zero-order valence-corrected chi connectivity index (χ0v) is 18.5. The molecule has 0 aromatic heterocycles. The molecule has 1 N–H and O–H groups in total. The highest BCUT2D eigenvalue weighted by molar-refractivity contribution is 5.98. The fourth-order valence-corrected chi connectivity index (χ4v) is 5.02. The van der Waals surface area contributed by atoms with Crippen LogP contribution in [0.2, 0.25) is 0 Å². The van der Waals surface area contributed by atoms with Crippen LogP contribution in [0, 0.1) is 17.0 Å². The van der Waals surface area contributed by atoms with Crippen LogP contribution in [-0.4, -0.2) is 41.1 Å². The van der Waals surface area contributed by atoms with E-state index in [9.17, 15) is 23.5 Å². The number of ether oxygens (including phenoxy) is 1. The first kappa shape index (κ1) is 23.5. The summed E-state index contributed by atoms with van der Waals surface area (Å²) in [5.41, 5.74) is 1.07. The van der Waals surface area contributed by atoms with E-state index in [2.05, 4.69) is 0 Å². The normalized spacial score (nSPS) is 19.3. The van der Waals surface area contributed by atoms with Gasteiger partial charge in [-0.3, -0.25) is 14.5 Å². The number of carbonyl (C=O) groups is 2. The largest absolute Gasteiger partial charge is 0.389 e. The van der Waals surface area contributed by atoms with Gasteiger partial charge >= 0.3 is 0 Å². The van der Waals surface area contributed by atoms with Crippen LogP contribution in [0.4, 0.5) is 8.78 Å². The lowest BCUT2D eigenvalue weighted by molar-refractivity contribution is -0.157. The highest BCUT2D eigenvalue weighted by Gasteiger charge is 2.44. The average Bonchev–Trinajstić information content (AvgIpc) is 2.79. The summed E-state index contributed by atoms with van der Waals surface area (Å²) in [6.07, 6.45) is 3.99. The molecule has 1 saturated heterocycles. The number of hydrogen-bond donors (Lipinski definition) is 1. The molecular formula is C26H29F2NO4. The van der Waals surface area contributed by atoms with Crippen molar-refractivity contribution >= 4 is 11.8 Å². The van der Waals surface area contributed by atoms with Gasteiger partial charge in [0.05, 0.1) is 19.3 Å². The van der Waals surface area contributed by atoms with Crippen molar-refractivity contribution in [1.82, 2.24) is 4.90 Å². The third-order valence-electron chi connectivity index (χ3n) is 6.76. The summed E-state index contributed by atoms with van der Waals surface area (Å²) >= 11 is 0. The molecule has 1 aliphatic heterocycles. The van der Waals surface area contributed by atoms with Gasteiger partial charge in [0.1, 0.15) is 17.7 Å². The number of carbonyl (C=O) groups excluding carboxylic acids is 2. The molecule has 0 radical (unpaired) electrons. The number of piperidine rings is 1. The Bertz CT molecular complexity index is 905. The molecule has 0 bridgehead atoms. The zero-order chi connectivity index (χ0) is 23.4. The second-order valence-electron chi connectivity index (χ2n) is 9.28. The number of aliphatic hydroxyl groups excluding tert-OH is 1. The average molecular weight is 458 g/mol. The van der Waals surface area contributed by atoms with E-state index < -0.39 is 23.8 Å². The van der Waals surface area contributed by atoms with Crippen LogP contribution in [0.3, 0.4) is 0 Å². The summed E-state index contributed by atoms with van der Waals surface area (Å²) < 4.78 is 32.7. The first-order valence-corrected chi connectivity index (χ1v) is 11.5. The Morgan fingerprint density at radius 3 is 1.82 bits per heavy atom. The number of rotatable bonds is 7. The van der Waals surface area contributed by atoms with E-state index in [0.717, 1.165) is 37.0 Å². The highest BCUT2D eigenvalue weighted by atomic mass is 19.1. The molecule has 1 unspecified atom stereocenters. The van der Waals surface area contributed by atoms with Gasteiger partial charge in [0.15, 0.2) is 0 Å². The van der Waals surface area contributed by atoms with Gasteiger partial charge in [-0.2, -0.15) is 0 Å². The highest BCUT2D eigenvalue weighted by Crippen LogP contribution is 2.45. The Morgan fingerprint density at radius 1 is 0.848 bits per heavy atom. The molecule has 2 aromatic rings. The minimum absolute atomic E-state index is 0.132. The smallest absolute Gasteiger partial charge is 0.229 e. The molecule has 1 aliphatic carbocycles. The fraction of sp³-hybridized carbons (Fsp3) is 0.462. The second-order valence-corrected chi connectivity index (χ2v) is 9.28. The first-order valence-electron chi connectivity index (χ1n) is 11.5. The van der Waals surface area contributed by atoms with E-state index in [-0.39, 0.29) is 30.4 Å². The first-order chi connectivity index (χ1) is 15.8. The Kier molecular flexibility index (Phi) is 7.20. The molecular weight excluding hydrogens is 428 g/mol. The van der Waals surface area contributed by atoms with E-state index >= 15 is 0 Å². The van der Waals surface area contributed by atoms with Crippen LogP contribution in [0.15, 0.2) is 48.5 Å². The third kappa shape index (κ3) is 5.65.